The molecule has 0 aliphatic heterocycles. The Kier molecular flexibility index (Phi) is 9.05. The normalized spacial score (nSPS) is 22.9. The maximum absolute atomic E-state index is 11.7. The number of carbonyl (C=O) groups is 1. The van der Waals surface area contributed by atoms with Gasteiger partial charge in [0.15, 0.2) is 0 Å². The summed E-state index contributed by atoms with van der Waals surface area (Å²) in [5.41, 5.74) is 3.18. The van der Waals surface area contributed by atoms with Crippen LogP contribution in [0.2, 0.25) is 0 Å². The van der Waals surface area contributed by atoms with Crippen molar-refractivity contribution in [2.75, 3.05) is 0 Å². The van der Waals surface area contributed by atoms with E-state index in [1.54, 1.807) is 12.2 Å². The molecule has 0 bridgehead atoms. The third kappa shape index (κ3) is 6.98. The first-order chi connectivity index (χ1) is 16.1. The fourth-order valence-electron chi connectivity index (χ4n) is 5.10. The molecule has 2 aliphatic rings. The first-order valence-electron chi connectivity index (χ1n) is 12.4. The average molecular weight is 491 g/mol. The van der Waals surface area contributed by atoms with Crippen LogP contribution in [0.1, 0.15) is 107 Å². The van der Waals surface area contributed by atoms with Crippen LogP contribution in [0.25, 0.3) is 0 Å². The van der Waals surface area contributed by atoms with Crippen molar-refractivity contribution in [2.45, 2.75) is 96.6 Å². The smallest absolute Gasteiger partial charge is 0.304 e. The highest BCUT2D eigenvalue weighted by Gasteiger charge is 2.42. The summed E-state index contributed by atoms with van der Waals surface area (Å²) in [6, 6.07) is 0. The fraction of sp³-hybridized carbons (Fsp3) is 0.630. The number of hydrogen-bond acceptors (Lipinski definition) is 5. The van der Waals surface area contributed by atoms with Crippen LogP contribution in [0.15, 0.2) is 39.6 Å². The molecule has 0 aromatic carbocycles. The van der Waals surface area contributed by atoms with Crippen molar-refractivity contribution in [1.82, 2.24) is 10.5 Å². The highest BCUT2D eigenvalue weighted by molar-refractivity contribution is 6.32. The summed E-state index contributed by atoms with van der Waals surface area (Å²) in [5, 5.41) is 28.3. The second-order valence-electron chi connectivity index (χ2n) is 10.5. The van der Waals surface area contributed by atoms with E-state index in [0.29, 0.717) is 34.2 Å². The highest BCUT2D eigenvalue weighted by Crippen LogP contribution is 2.52. The summed E-state index contributed by atoms with van der Waals surface area (Å²) in [7, 11) is 0. The Bertz CT molecular complexity index is 938. The lowest BCUT2D eigenvalue weighted by Gasteiger charge is -2.35. The Morgan fingerprint density at radius 1 is 1.32 bits per heavy atom. The topological polar surface area (TPSA) is 95.6 Å². The van der Waals surface area contributed by atoms with Gasteiger partial charge in [0.05, 0.1) is 22.8 Å². The lowest BCUT2D eigenvalue weighted by Crippen LogP contribution is -2.31. The largest absolute Gasteiger partial charge is 0.481 e. The summed E-state index contributed by atoms with van der Waals surface area (Å²) in [6.45, 7) is 12.0. The molecular formula is C27H39ClN2O4. The van der Waals surface area contributed by atoms with Crippen LogP contribution in [0.5, 0.6) is 0 Å². The van der Waals surface area contributed by atoms with Crippen LogP contribution in [-0.4, -0.2) is 27.6 Å². The van der Waals surface area contributed by atoms with E-state index < -0.39 is 18.1 Å². The van der Waals surface area contributed by atoms with Gasteiger partial charge >= 0.3 is 5.97 Å². The molecule has 34 heavy (non-hydrogen) atoms. The molecular weight excluding hydrogens is 452 g/mol. The number of rotatable bonds is 13. The van der Waals surface area contributed by atoms with Crippen molar-refractivity contribution >= 4 is 17.6 Å². The van der Waals surface area contributed by atoms with Gasteiger partial charge < -0.3 is 20.1 Å². The first-order valence-corrected chi connectivity index (χ1v) is 12.8. The van der Waals surface area contributed by atoms with Crippen LogP contribution >= 0.6 is 11.6 Å². The van der Waals surface area contributed by atoms with E-state index in [1.807, 2.05) is 13.8 Å². The lowest BCUT2D eigenvalue weighted by atomic mass is 9.69. The van der Waals surface area contributed by atoms with Gasteiger partial charge in [-0.05, 0) is 69.8 Å². The number of aromatic nitrogens is 1. The minimum Gasteiger partial charge on any atom is -0.481 e. The molecule has 1 aromatic heterocycles. The molecule has 1 heterocycles. The molecule has 0 radical (unpaired) electrons. The fourth-order valence-corrected chi connectivity index (χ4v) is 5.45. The second kappa shape index (κ2) is 11.6. The molecule has 3 N–H and O–H groups in total. The molecule has 0 spiro atoms. The molecule has 3 rings (SSSR count). The van der Waals surface area contributed by atoms with Crippen molar-refractivity contribution in [1.29, 1.82) is 0 Å². The molecule has 6 nitrogen and oxygen atoms in total. The molecule has 188 valence electrons. The summed E-state index contributed by atoms with van der Waals surface area (Å²) in [4.78, 5) is 11.7. The minimum absolute atomic E-state index is 0.119. The SMILES string of the molecule is C=C(C)/C=C(Cl)\C(=C/C)NC(O)C[C@H](CC(=O)O)c1noc([C@H]2C[C@@H](CC(C)C)C2)c1C1CC1. The van der Waals surface area contributed by atoms with E-state index in [2.05, 4.69) is 30.9 Å². The van der Waals surface area contributed by atoms with Gasteiger partial charge in [0.2, 0.25) is 0 Å². The van der Waals surface area contributed by atoms with Crippen molar-refractivity contribution in [3.8, 4) is 0 Å². The molecule has 2 atom stereocenters. The number of aliphatic carboxylic acids is 1. The van der Waals surface area contributed by atoms with Gasteiger partial charge in [0, 0.05) is 23.8 Å². The van der Waals surface area contributed by atoms with Gasteiger partial charge in [-0.15, -0.1) is 0 Å². The van der Waals surface area contributed by atoms with Crippen molar-refractivity contribution in [3.63, 3.8) is 0 Å². The molecule has 2 saturated carbocycles. The number of nitrogens with one attached hydrogen (secondary N) is 1. The molecule has 0 amide bonds. The Labute approximate surface area is 208 Å². The number of halogens is 1. The second-order valence-corrected chi connectivity index (χ2v) is 10.9. The molecule has 1 unspecified atom stereocenters. The zero-order valence-corrected chi connectivity index (χ0v) is 21.6. The summed E-state index contributed by atoms with van der Waals surface area (Å²) in [6.07, 6.45) is 8.16. The van der Waals surface area contributed by atoms with E-state index in [4.69, 9.17) is 16.1 Å². The number of carboxylic acid groups (broad SMARTS) is 1. The maximum atomic E-state index is 11.7. The molecule has 7 heteroatoms. The number of aliphatic hydroxyl groups excluding tert-OH is 1. The lowest BCUT2D eigenvalue weighted by molar-refractivity contribution is -0.137. The van der Waals surface area contributed by atoms with Gasteiger partial charge in [0.25, 0.3) is 0 Å². The zero-order chi connectivity index (χ0) is 25.0. The van der Waals surface area contributed by atoms with E-state index in [9.17, 15) is 15.0 Å². The van der Waals surface area contributed by atoms with Gasteiger partial charge in [-0.2, -0.15) is 0 Å². The summed E-state index contributed by atoms with van der Waals surface area (Å²) < 4.78 is 5.89. The predicted octanol–water partition coefficient (Wildman–Crippen LogP) is 6.55. The van der Waals surface area contributed by atoms with E-state index >= 15 is 0 Å². The predicted molar refractivity (Wildman–Crippen MR) is 135 cm³/mol. The Balaban J connectivity index is 1.77. The monoisotopic (exact) mass is 490 g/mol. The third-order valence-corrected chi connectivity index (χ3v) is 7.05. The van der Waals surface area contributed by atoms with Crippen molar-refractivity contribution in [2.24, 2.45) is 11.8 Å². The minimum atomic E-state index is -0.992. The standard InChI is InChI=1S/C27H39ClN2O4/c1-6-22(21(28)10-16(4)5)29-23(31)13-19(14-24(32)33)26-25(18-7-8-18)27(34-30-26)20-11-17(12-20)9-15(2)3/h6,10,15,17-20,23,29,31H,4,7-9,11-14H2,1-3,5H3,(H,32,33)/b21-10+,22-6+/t17-,19-,20+,23?/m1/s1. The number of carboxylic acids is 1. The zero-order valence-electron chi connectivity index (χ0n) is 20.8. The van der Waals surface area contributed by atoms with Gasteiger partial charge in [0.1, 0.15) is 12.0 Å². The molecule has 2 aliphatic carbocycles. The molecule has 1 aromatic rings. The Morgan fingerprint density at radius 3 is 2.53 bits per heavy atom. The van der Waals surface area contributed by atoms with Gasteiger partial charge in [-0.1, -0.05) is 48.8 Å². The number of allylic oxidation sites excluding steroid dienone is 4. The van der Waals surface area contributed by atoms with E-state index in [-0.39, 0.29) is 12.8 Å². The highest BCUT2D eigenvalue weighted by atomic mass is 35.5. The average Bonchev–Trinajstić information content (AvgIpc) is 3.45. The van der Waals surface area contributed by atoms with Crippen LogP contribution in [0.3, 0.4) is 0 Å². The van der Waals surface area contributed by atoms with Crippen LogP contribution in [0.4, 0.5) is 0 Å². The van der Waals surface area contributed by atoms with E-state index in [1.165, 1.54) is 6.42 Å². The summed E-state index contributed by atoms with van der Waals surface area (Å²) in [5.74, 6) is 1.75. The maximum Gasteiger partial charge on any atom is 0.304 e. The van der Waals surface area contributed by atoms with E-state index in [0.717, 1.165) is 48.5 Å². The van der Waals surface area contributed by atoms with Crippen molar-refractivity contribution < 1.29 is 19.5 Å². The summed E-state index contributed by atoms with van der Waals surface area (Å²) >= 11 is 6.34. The quantitative estimate of drug-likeness (QED) is 0.214. The number of nitrogens with zero attached hydrogens (tertiary/aromatic N) is 1. The van der Waals surface area contributed by atoms with Gasteiger partial charge in [-0.3, -0.25) is 4.79 Å². The van der Waals surface area contributed by atoms with Crippen LogP contribution in [-0.2, 0) is 4.79 Å². The Morgan fingerprint density at radius 2 is 2.00 bits per heavy atom. The van der Waals surface area contributed by atoms with Crippen LogP contribution in [0, 0.1) is 11.8 Å². The van der Waals surface area contributed by atoms with Gasteiger partial charge in [-0.25, -0.2) is 0 Å². The number of aliphatic hydroxyl groups is 1. The van der Waals surface area contributed by atoms with Crippen molar-refractivity contribution in [3.05, 3.63) is 52.1 Å². The third-order valence-electron chi connectivity index (χ3n) is 6.74. The Hall–Kier alpha value is -2.05. The first kappa shape index (κ1) is 26.6. The van der Waals surface area contributed by atoms with Crippen LogP contribution < -0.4 is 5.32 Å². The molecule has 0 saturated heterocycles. The molecule has 2 fully saturated rings. The number of hydrogen-bond donors (Lipinski definition) is 3.